The van der Waals surface area contributed by atoms with Crippen LogP contribution in [-0.2, 0) is 14.8 Å². The standard InChI is InChI=1S/C13H20N2O3S/c1-10-8-15(9-11(2)18-10)19(16,17)13-7-5-4-6-12(13)14-3/h4-7,10-11,14H,8-9H2,1-3H3. The summed E-state index contributed by atoms with van der Waals surface area (Å²) in [5.74, 6) is 0. The SMILES string of the molecule is CNc1ccccc1S(=O)(=O)N1CC(C)OC(C)C1. The molecule has 106 valence electrons. The fourth-order valence-corrected chi connectivity index (χ4v) is 4.15. The van der Waals surface area contributed by atoms with Crippen molar-refractivity contribution in [3.8, 4) is 0 Å². The fourth-order valence-electron chi connectivity index (χ4n) is 2.36. The van der Waals surface area contributed by atoms with Gasteiger partial charge in [-0.05, 0) is 26.0 Å². The number of para-hydroxylation sites is 1. The van der Waals surface area contributed by atoms with Gasteiger partial charge in [-0.25, -0.2) is 8.42 Å². The normalized spacial score (nSPS) is 25.2. The lowest BCUT2D eigenvalue weighted by Gasteiger charge is -2.34. The lowest BCUT2D eigenvalue weighted by molar-refractivity contribution is -0.0440. The molecule has 0 aliphatic carbocycles. The highest BCUT2D eigenvalue weighted by molar-refractivity contribution is 7.89. The second-order valence-electron chi connectivity index (χ2n) is 4.83. The summed E-state index contributed by atoms with van der Waals surface area (Å²) in [5, 5.41) is 2.93. The van der Waals surface area contributed by atoms with Crippen LogP contribution in [0.25, 0.3) is 0 Å². The van der Waals surface area contributed by atoms with E-state index in [1.165, 1.54) is 4.31 Å². The van der Waals surface area contributed by atoms with Crippen LogP contribution < -0.4 is 5.32 Å². The molecule has 1 aliphatic heterocycles. The molecule has 0 radical (unpaired) electrons. The first-order valence-corrected chi connectivity index (χ1v) is 7.81. The molecule has 1 N–H and O–H groups in total. The highest BCUT2D eigenvalue weighted by Gasteiger charge is 2.33. The van der Waals surface area contributed by atoms with Gasteiger partial charge >= 0.3 is 0 Å². The van der Waals surface area contributed by atoms with Gasteiger partial charge in [-0.1, -0.05) is 12.1 Å². The van der Waals surface area contributed by atoms with Crippen molar-refractivity contribution in [2.24, 2.45) is 0 Å². The Kier molecular flexibility index (Phi) is 4.13. The van der Waals surface area contributed by atoms with Crippen LogP contribution in [0.15, 0.2) is 29.2 Å². The first kappa shape index (κ1) is 14.3. The van der Waals surface area contributed by atoms with Crippen molar-refractivity contribution >= 4 is 15.7 Å². The minimum Gasteiger partial charge on any atom is -0.387 e. The van der Waals surface area contributed by atoms with Crippen LogP contribution in [0.5, 0.6) is 0 Å². The first-order valence-electron chi connectivity index (χ1n) is 6.37. The van der Waals surface area contributed by atoms with Crippen LogP contribution in [-0.4, -0.2) is 45.1 Å². The number of anilines is 1. The molecule has 0 bridgehead atoms. The van der Waals surface area contributed by atoms with E-state index in [1.54, 1.807) is 25.2 Å². The van der Waals surface area contributed by atoms with Crippen LogP contribution in [0, 0.1) is 0 Å². The number of sulfonamides is 1. The third-order valence-corrected chi connectivity index (χ3v) is 5.05. The molecule has 2 rings (SSSR count). The third kappa shape index (κ3) is 2.91. The van der Waals surface area contributed by atoms with E-state index >= 15 is 0 Å². The number of rotatable bonds is 3. The van der Waals surface area contributed by atoms with Crippen LogP contribution in [0.4, 0.5) is 5.69 Å². The molecule has 5 nitrogen and oxygen atoms in total. The van der Waals surface area contributed by atoms with E-state index in [0.717, 1.165) is 0 Å². The Morgan fingerprint density at radius 3 is 2.37 bits per heavy atom. The van der Waals surface area contributed by atoms with Gasteiger partial charge in [-0.2, -0.15) is 4.31 Å². The quantitative estimate of drug-likeness (QED) is 0.914. The van der Waals surface area contributed by atoms with Crippen molar-refractivity contribution in [3.05, 3.63) is 24.3 Å². The second-order valence-corrected chi connectivity index (χ2v) is 6.73. The fraction of sp³-hybridized carbons (Fsp3) is 0.538. The highest BCUT2D eigenvalue weighted by Crippen LogP contribution is 2.26. The Bertz CT molecular complexity index is 535. The third-order valence-electron chi connectivity index (χ3n) is 3.16. The van der Waals surface area contributed by atoms with Gasteiger partial charge < -0.3 is 10.1 Å². The molecule has 1 saturated heterocycles. The molecular formula is C13H20N2O3S. The number of hydrogen-bond donors (Lipinski definition) is 1. The van der Waals surface area contributed by atoms with E-state index in [0.29, 0.717) is 23.7 Å². The molecule has 2 atom stereocenters. The van der Waals surface area contributed by atoms with Crippen LogP contribution >= 0.6 is 0 Å². The van der Waals surface area contributed by atoms with Crippen molar-refractivity contribution in [1.82, 2.24) is 4.31 Å². The Morgan fingerprint density at radius 2 is 1.79 bits per heavy atom. The minimum absolute atomic E-state index is 0.0831. The maximum atomic E-state index is 12.7. The molecule has 19 heavy (non-hydrogen) atoms. The van der Waals surface area contributed by atoms with Crippen molar-refractivity contribution in [1.29, 1.82) is 0 Å². The zero-order chi connectivity index (χ0) is 14.0. The lowest BCUT2D eigenvalue weighted by Crippen LogP contribution is -2.48. The summed E-state index contributed by atoms with van der Waals surface area (Å²) in [5.41, 5.74) is 0.620. The van der Waals surface area contributed by atoms with Gasteiger partial charge in [0, 0.05) is 20.1 Å². The summed E-state index contributed by atoms with van der Waals surface area (Å²) in [6.07, 6.45) is -0.166. The van der Waals surface area contributed by atoms with E-state index < -0.39 is 10.0 Å². The van der Waals surface area contributed by atoms with Gasteiger partial charge in [0.05, 0.1) is 17.9 Å². The summed E-state index contributed by atoms with van der Waals surface area (Å²) in [4.78, 5) is 0.318. The monoisotopic (exact) mass is 284 g/mol. The van der Waals surface area contributed by atoms with Gasteiger partial charge in [0.15, 0.2) is 0 Å². The Labute approximate surface area is 114 Å². The molecule has 0 amide bonds. The van der Waals surface area contributed by atoms with Crippen molar-refractivity contribution in [2.45, 2.75) is 31.0 Å². The second kappa shape index (κ2) is 5.48. The molecule has 0 spiro atoms. The van der Waals surface area contributed by atoms with Gasteiger partial charge in [-0.15, -0.1) is 0 Å². The largest absolute Gasteiger partial charge is 0.387 e. The molecule has 1 aromatic carbocycles. The summed E-state index contributed by atoms with van der Waals surface area (Å²) in [6.45, 7) is 4.57. The molecule has 1 fully saturated rings. The van der Waals surface area contributed by atoms with Crippen molar-refractivity contribution in [2.75, 3.05) is 25.5 Å². The predicted molar refractivity (Wildman–Crippen MR) is 74.8 cm³/mol. The predicted octanol–water partition coefficient (Wildman–Crippen LogP) is 1.53. The van der Waals surface area contributed by atoms with E-state index in [9.17, 15) is 8.42 Å². The highest BCUT2D eigenvalue weighted by atomic mass is 32.2. The number of nitrogens with one attached hydrogen (secondary N) is 1. The molecule has 1 heterocycles. The summed E-state index contributed by atoms with van der Waals surface area (Å²) in [6, 6.07) is 6.95. The number of morpholine rings is 1. The topological polar surface area (TPSA) is 58.6 Å². The van der Waals surface area contributed by atoms with Crippen LogP contribution in [0.3, 0.4) is 0 Å². The number of benzene rings is 1. The molecule has 1 aliphatic rings. The van der Waals surface area contributed by atoms with Crippen molar-refractivity contribution in [3.63, 3.8) is 0 Å². The zero-order valence-corrected chi connectivity index (χ0v) is 12.3. The average Bonchev–Trinajstić information content (AvgIpc) is 2.37. The van der Waals surface area contributed by atoms with Gasteiger partial charge in [-0.3, -0.25) is 0 Å². The van der Waals surface area contributed by atoms with E-state index in [-0.39, 0.29) is 12.2 Å². The summed E-state index contributed by atoms with van der Waals surface area (Å²) >= 11 is 0. The van der Waals surface area contributed by atoms with Gasteiger partial charge in [0.1, 0.15) is 4.90 Å². The van der Waals surface area contributed by atoms with E-state index in [2.05, 4.69) is 5.32 Å². The zero-order valence-electron chi connectivity index (χ0n) is 11.5. The molecule has 6 heteroatoms. The van der Waals surface area contributed by atoms with Crippen LogP contribution in [0.2, 0.25) is 0 Å². The molecule has 1 aromatic rings. The van der Waals surface area contributed by atoms with Gasteiger partial charge in [0.25, 0.3) is 0 Å². The van der Waals surface area contributed by atoms with Gasteiger partial charge in [0.2, 0.25) is 10.0 Å². The first-order chi connectivity index (χ1) is 8.95. The average molecular weight is 284 g/mol. The number of nitrogens with zero attached hydrogens (tertiary/aromatic N) is 1. The maximum absolute atomic E-state index is 12.7. The van der Waals surface area contributed by atoms with E-state index in [4.69, 9.17) is 4.74 Å². The molecule has 2 unspecified atom stereocenters. The Morgan fingerprint density at radius 1 is 1.21 bits per heavy atom. The number of ether oxygens (including phenoxy) is 1. The summed E-state index contributed by atoms with van der Waals surface area (Å²) < 4.78 is 32.5. The van der Waals surface area contributed by atoms with E-state index in [1.807, 2.05) is 19.9 Å². The molecule has 0 aromatic heterocycles. The minimum atomic E-state index is -3.48. The summed E-state index contributed by atoms with van der Waals surface area (Å²) in [7, 11) is -1.76. The number of hydrogen-bond acceptors (Lipinski definition) is 4. The smallest absolute Gasteiger partial charge is 0.245 e. The molecule has 0 saturated carbocycles. The lowest BCUT2D eigenvalue weighted by atomic mass is 10.3. The van der Waals surface area contributed by atoms with Crippen molar-refractivity contribution < 1.29 is 13.2 Å². The Hall–Kier alpha value is -1.11. The Balaban J connectivity index is 2.36. The molecular weight excluding hydrogens is 264 g/mol. The maximum Gasteiger partial charge on any atom is 0.245 e. The van der Waals surface area contributed by atoms with Crippen LogP contribution in [0.1, 0.15) is 13.8 Å².